The molecule has 3 rings (SSSR count). The molecule has 0 amide bonds. The molecule has 1 aromatic heterocycles. The monoisotopic (exact) mass is 295 g/mol. The number of nitriles is 1. The quantitative estimate of drug-likeness (QED) is 0.740. The maximum Gasteiger partial charge on any atom is 0.230 e. The zero-order valence-electron chi connectivity index (χ0n) is 11.6. The van der Waals surface area contributed by atoms with E-state index in [1.165, 1.54) is 25.6 Å². The van der Waals surface area contributed by atoms with Gasteiger partial charge in [-0.15, -0.1) is 0 Å². The second-order valence-electron chi connectivity index (χ2n) is 4.39. The van der Waals surface area contributed by atoms with Gasteiger partial charge in [-0.1, -0.05) is 12.1 Å². The molecular weight excluding hydrogens is 285 g/mol. The smallest absolute Gasteiger partial charge is 0.230 e. The molecule has 0 bridgehead atoms. The fraction of sp³-hybridized carbons (Fsp3) is 0.0625. The van der Waals surface area contributed by atoms with E-state index in [4.69, 9.17) is 14.7 Å². The van der Waals surface area contributed by atoms with Crippen LogP contribution in [0.1, 0.15) is 5.56 Å². The van der Waals surface area contributed by atoms with Crippen LogP contribution in [-0.4, -0.2) is 17.1 Å². The van der Waals surface area contributed by atoms with E-state index in [-0.39, 0.29) is 11.6 Å². The lowest BCUT2D eigenvalue weighted by molar-refractivity contribution is 0.387. The number of benzene rings is 2. The number of fused-ring (bicyclic) bond motifs is 1. The lowest BCUT2D eigenvalue weighted by Crippen LogP contribution is -1.95. The van der Waals surface area contributed by atoms with Crippen LogP contribution in [0.2, 0.25) is 0 Å². The number of halogens is 1. The third-order valence-electron chi connectivity index (χ3n) is 3.09. The molecule has 0 unspecified atom stereocenters. The molecular formula is C16H10FN3O2. The van der Waals surface area contributed by atoms with Crippen molar-refractivity contribution >= 4 is 10.9 Å². The van der Waals surface area contributed by atoms with Crippen molar-refractivity contribution in [1.82, 2.24) is 9.97 Å². The maximum atomic E-state index is 13.7. The van der Waals surface area contributed by atoms with Crippen LogP contribution in [-0.2, 0) is 0 Å². The molecule has 0 spiro atoms. The van der Waals surface area contributed by atoms with Gasteiger partial charge in [0.05, 0.1) is 23.6 Å². The highest BCUT2D eigenvalue weighted by molar-refractivity contribution is 5.85. The van der Waals surface area contributed by atoms with E-state index < -0.39 is 5.82 Å². The molecule has 0 saturated carbocycles. The molecule has 0 atom stereocenters. The topological polar surface area (TPSA) is 68.0 Å². The molecule has 0 radical (unpaired) electrons. The molecule has 2 aromatic carbocycles. The van der Waals surface area contributed by atoms with Gasteiger partial charge in [0.25, 0.3) is 0 Å². The summed E-state index contributed by atoms with van der Waals surface area (Å²) in [5, 5.41) is 9.59. The third kappa shape index (κ3) is 2.40. The van der Waals surface area contributed by atoms with Crippen molar-refractivity contribution in [3.05, 3.63) is 54.1 Å². The summed E-state index contributed by atoms with van der Waals surface area (Å²) in [6.45, 7) is 0. The van der Waals surface area contributed by atoms with Gasteiger partial charge in [-0.2, -0.15) is 5.26 Å². The first-order chi connectivity index (χ1) is 10.7. The summed E-state index contributed by atoms with van der Waals surface area (Å²) in [5.74, 6) is 0.150. The van der Waals surface area contributed by atoms with Crippen LogP contribution in [0, 0.1) is 17.1 Å². The van der Waals surface area contributed by atoms with E-state index in [9.17, 15) is 4.39 Å². The molecule has 6 heteroatoms. The van der Waals surface area contributed by atoms with Gasteiger partial charge in [0.15, 0.2) is 11.6 Å². The van der Waals surface area contributed by atoms with Gasteiger partial charge in [0.1, 0.15) is 18.1 Å². The fourth-order valence-electron chi connectivity index (χ4n) is 2.02. The average Bonchev–Trinajstić information content (AvgIpc) is 2.55. The summed E-state index contributed by atoms with van der Waals surface area (Å²) in [5.41, 5.74) is 0.765. The van der Waals surface area contributed by atoms with Crippen molar-refractivity contribution < 1.29 is 13.9 Å². The SMILES string of the molecule is COc1cc2c(Oc3ccccc3C#N)ncnc2cc1F. The predicted molar refractivity (Wildman–Crippen MR) is 77.3 cm³/mol. The Balaban J connectivity index is 2.13. The van der Waals surface area contributed by atoms with Crippen molar-refractivity contribution in [2.24, 2.45) is 0 Å². The zero-order chi connectivity index (χ0) is 15.5. The predicted octanol–water partition coefficient (Wildman–Crippen LogP) is 3.44. The summed E-state index contributed by atoms with van der Waals surface area (Å²) in [6, 6.07) is 11.5. The van der Waals surface area contributed by atoms with Crippen LogP contribution in [0.3, 0.4) is 0 Å². The number of aromatic nitrogens is 2. The Kier molecular flexibility index (Phi) is 3.54. The first-order valence-corrected chi connectivity index (χ1v) is 6.38. The summed E-state index contributed by atoms with van der Waals surface area (Å²) in [4.78, 5) is 8.07. The lowest BCUT2D eigenvalue weighted by Gasteiger charge is -2.10. The molecule has 0 fully saturated rings. The number of nitrogens with zero attached hydrogens (tertiary/aromatic N) is 3. The van der Waals surface area contributed by atoms with E-state index in [0.29, 0.717) is 22.2 Å². The van der Waals surface area contributed by atoms with Crippen molar-refractivity contribution in [3.8, 4) is 23.4 Å². The average molecular weight is 295 g/mol. The molecule has 0 aliphatic rings. The lowest BCUT2D eigenvalue weighted by atomic mass is 10.2. The number of methoxy groups -OCH3 is 1. The van der Waals surface area contributed by atoms with Crippen molar-refractivity contribution in [1.29, 1.82) is 5.26 Å². The van der Waals surface area contributed by atoms with Gasteiger partial charge < -0.3 is 9.47 Å². The van der Waals surface area contributed by atoms with Crippen molar-refractivity contribution in [2.45, 2.75) is 0 Å². The Bertz CT molecular complexity index is 890. The van der Waals surface area contributed by atoms with Gasteiger partial charge in [-0.05, 0) is 18.2 Å². The fourth-order valence-corrected chi connectivity index (χ4v) is 2.02. The Morgan fingerprint density at radius 2 is 1.95 bits per heavy atom. The van der Waals surface area contributed by atoms with Crippen LogP contribution in [0.25, 0.3) is 10.9 Å². The number of rotatable bonds is 3. The van der Waals surface area contributed by atoms with E-state index in [0.717, 1.165) is 0 Å². The minimum Gasteiger partial charge on any atom is -0.494 e. The van der Waals surface area contributed by atoms with Crippen LogP contribution in [0.15, 0.2) is 42.7 Å². The van der Waals surface area contributed by atoms with E-state index >= 15 is 0 Å². The molecule has 0 aliphatic carbocycles. The summed E-state index contributed by atoms with van der Waals surface area (Å²) in [6.07, 6.45) is 1.28. The van der Waals surface area contributed by atoms with Crippen LogP contribution >= 0.6 is 0 Å². The standard InChI is InChI=1S/C16H10FN3O2/c1-21-15-6-11-13(7-12(15)17)19-9-20-16(11)22-14-5-3-2-4-10(14)8-18/h2-7,9H,1H3. The highest BCUT2D eigenvalue weighted by Crippen LogP contribution is 2.32. The van der Waals surface area contributed by atoms with E-state index in [1.54, 1.807) is 24.3 Å². The van der Waals surface area contributed by atoms with Gasteiger partial charge in [0, 0.05) is 6.07 Å². The van der Waals surface area contributed by atoms with Gasteiger partial charge in [0.2, 0.25) is 5.88 Å². The minimum absolute atomic E-state index is 0.0701. The van der Waals surface area contributed by atoms with Crippen LogP contribution < -0.4 is 9.47 Å². The minimum atomic E-state index is -0.517. The second-order valence-corrected chi connectivity index (χ2v) is 4.39. The van der Waals surface area contributed by atoms with Gasteiger partial charge >= 0.3 is 0 Å². The van der Waals surface area contributed by atoms with Gasteiger partial charge in [-0.25, -0.2) is 14.4 Å². The van der Waals surface area contributed by atoms with E-state index in [2.05, 4.69) is 9.97 Å². The Morgan fingerprint density at radius 1 is 1.14 bits per heavy atom. The number of hydrogen-bond acceptors (Lipinski definition) is 5. The highest BCUT2D eigenvalue weighted by Gasteiger charge is 2.13. The number of hydrogen-bond donors (Lipinski definition) is 0. The normalized spacial score (nSPS) is 10.2. The van der Waals surface area contributed by atoms with Gasteiger partial charge in [-0.3, -0.25) is 0 Å². The summed E-state index contributed by atoms with van der Waals surface area (Å²) < 4.78 is 24.4. The maximum absolute atomic E-state index is 13.7. The zero-order valence-corrected chi connectivity index (χ0v) is 11.6. The first-order valence-electron chi connectivity index (χ1n) is 6.38. The Labute approximate surface area is 125 Å². The molecule has 1 heterocycles. The first kappa shape index (κ1) is 13.8. The molecule has 0 aliphatic heterocycles. The molecule has 0 N–H and O–H groups in total. The molecule has 108 valence electrons. The van der Waals surface area contributed by atoms with Crippen molar-refractivity contribution in [3.63, 3.8) is 0 Å². The summed E-state index contributed by atoms with van der Waals surface area (Å²) in [7, 11) is 1.37. The van der Waals surface area contributed by atoms with Crippen LogP contribution in [0.4, 0.5) is 4.39 Å². The Hall–Kier alpha value is -3.20. The van der Waals surface area contributed by atoms with Crippen molar-refractivity contribution in [2.75, 3.05) is 7.11 Å². The van der Waals surface area contributed by atoms with E-state index in [1.807, 2.05) is 6.07 Å². The molecule has 22 heavy (non-hydrogen) atoms. The summed E-state index contributed by atoms with van der Waals surface area (Å²) >= 11 is 0. The third-order valence-corrected chi connectivity index (χ3v) is 3.09. The largest absolute Gasteiger partial charge is 0.494 e. The highest BCUT2D eigenvalue weighted by atomic mass is 19.1. The second kappa shape index (κ2) is 5.66. The molecule has 3 aromatic rings. The molecule has 5 nitrogen and oxygen atoms in total. The Morgan fingerprint density at radius 3 is 2.73 bits per heavy atom. The van der Waals surface area contributed by atoms with Crippen LogP contribution in [0.5, 0.6) is 17.4 Å². The number of ether oxygens (including phenoxy) is 2. The molecule has 0 saturated heterocycles. The number of para-hydroxylation sites is 1.